The van der Waals surface area contributed by atoms with Crippen LogP contribution in [0.5, 0.6) is 0 Å². The Morgan fingerprint density at radius 1 is 1.17 bits per heavy atom. The average Bonchev–Trinajstić information content (AvgIpc) is 3.10. The summed E-state index contributed by atoms with van der Waals surface area (Å²) in [6, 6.07) is 0. The number of carbonyl (C=O) groups excluding carboxylic acids is 2. The molecular formula is C20H28O3. The first-order valence-electron chi connectivity index (χ1n) is 8.94. The van der Waals surface area contributed by atoms with Gasteiger partial charge in [-0.1, -0.05) is 44.1 Å². The summed E-state index contributed by atoms with van der Waals surface area (Å²) in [5.41, 5.74) is 0. The van der Waals surface area contributed by atoms with Crippen molar-refractivity contribution in [3.8, 4) is 0 Å². The quantitative estimate of drug-likeness (QED) is 0.356. The zero-order chi connectivity index (χ0) is 16.5. The summed E-state index contributed by atoms with van der Waals surface area (Å²) < 4.78 is 5.15. The van der Waals surface area contributed by atoms with E-state index in [-0.39, 0.29) is 23.8 Å². The zero-order valence-corrected chi connectivity index (χ0v) is 14.1. The molecule has 3 heteroatoms. The van der Waals surface area contributed by atoms with E-state index >= 15 is 0 Å². The Labute approximate surface area is 139 Å². The number of hydrogen-bond acceptors (Lipinski definition) is 3. The van der Waals surface area contributed by atoms with Crippen LogP contribution < -0.4 is 0 Å². The van der Waals surface area contributed by atoms with E-state index in [4.69, 9.17) is 4.74 Å². The Balaban J connectivity index is 1.74. The number of allylic oxidation sites excluding steroid dienone is 5. The number of unbranched alkanes of at least 4 members (excludes halogenated alkanes) is 3. The van der Waals surface area contributed by atoms with Crippen molar-refractivity contribution < 1.29 is 14.3 Å². The van der Waals surface area contributed by atoms with Crippen LogP contribution in [-0.4, -0.2) is 17.9 Å². The maximum atomic E-state index is 12.0. The van der Waals surface area contributed by atoms with Gasteiger partial charge in [0.1, 0.15) is 6.10 Å². The van der Waals surface area contributed by atoms with Gasteiger partial charge in [-0.05, 0) is 50.2 Å². The van der Waals surface area contributed by atoms with Crippen molar-refractivity contribution in [3.05, 3.63) is 36.5 Å². The van der Waals surface area contributed by atoms with E-state index in [1.807, 2.05) is 18.2 Å². The molecule has 0 amide bonds. The lowest BCUT2D eigenvalue weighted by molar-refractivity contribution is -0.140. The summed E-state index contributed by atoms with van der Waals surface area (Å²) in [7, 11) is 0. The molecule has 1 aliphatic heterocycles. The summed E-state index contributed by atoms with van der Waals surface area (Å²) in [5, 5.41) is 0. The molecule has 2 aliphatic rings. The number of rotatable bonds is 9. The Hall–Kier alpha value is -1.64. The minimum absolute atomic E-state index is 0.0450. The van der Waals surface area contributed by atoms with E-state index in [0.29, 0.717) is 12.3 Å². The largest absolute Gasteiger partial charge is 0.458 e. The molecule has 0 spiro atoms. The van der Waals surface area contributed by atoms with Crippen LogP contribution in [0.15, 0.2) is 36.5 Å². The second-order valence-electron chi connectivity index (χ2n) is 6.47. The monoisotopic (exact) mass is 316 g/mol. The van der Waals surface area contributed by atoms with Gasteiger partial charge in [0.05, 0.1) is 0 Å². The van der Waals surface area contributed by atoms with Crippen molar-refractivity contribution in [2.24, 2.45) is 11.8 Å². The van der Waals surface area contributed by atoms with Gasteiger partial charge in [-0.2, -0.15) is 0 Å². The molecule has 3 atom stereocenters. The fraction of sp³-hybridized carbons (Fsp3) is 0.600. The lowest BCUT2D eigenvalue weighted by atomic mass is 9.88. The van der Waals surface area contributed by atoms with E-state index in [9.17, 15) is 9.59 Å². The van der Waals surface area contributed by atoms with Crippen molar-refractivity contribution in [1.82, 2.24) is 0 Å². The molecule has 0 saturated carbocycles. The van der Waals surface area contributed by atoms with Crippen LogP contribution in [0.2, 0.25) is 0 Å². The van der Waals surface area contributed by atoms with Crippen molar-refractivity contribution in [2.45, 2.75) is 64.4 Å². The van der Waals surface area contributed by atoms with Gasteiger partial charge in [-0.15, -0.1) is 0 Å². The third kappa shape index (κ3) is 5.81. The van der Waals surface area contributed by atoms with Gasteiger partial charge in [0, 0.05) is 12.3 Å². The van der Waals surface area contributed by atoms with Crippen LogP contribution in [0, 0.1) is 11.8 Å². The van der Waals surface area contributed by atoms with Crippen molar-refractivity contribution in [2.75, 3.05) is 0 Å². The molecule has 23 heavy (non-hydrogen) atoms. The molecule has 0 radical (unpaired) electrons. The van der Waals surface area contributed by atoms with E-state index in [0.717, 1.165) is 25.7 Å². The highest BCUT2D eigenvalue weighted by Gasteiger charge is 2.28. The minimum Gasteiger partial charge on any atom is -0.458 e. The molecular weight excluding hydrogens is 288 g/mol. The van der Waals surface area contributed by atoms with Crippen molar-refractivity contribution >= 4 is 11.8 Å². The van der Waals surface area contributed by atoms with Crippen molar-refractivity contribution in [1.29, 1.82) is 0 Å². The summed E-state index contributed by atoms with van der Waals surface area (Å²) in [5.74, 6) is 0.455. The fourth-order valence-electron chi connectivity index (χ4n) is 3.16. The Morgan fingerprint density at radius 2 is 2.04 bits per heavy atom. The summed E-state index contributed by atoms with van der Waals surface area (Å²) in [6.07, 6.45) is 19.9. The maximum Gasteiger partial charge on any atom is 0.306 e. The molecule has 0 unspecified atom stereocenters. The predicted molar refractivity (Wildman–Crippen MR) is 91.9 cm³/mol. The van der Waals surface area contributed by atoms with Gasteiger partial charge in [0.15, 0.2) is 5.78 Å². The Kier molecular flexibility index (Phi) is 7.31. The highest BCUT2D eigenvalue weighted by atomic mass is 16.5. The molecule has 0 aromatic heterocycles. The Morgan fingerprint density at radius 3 is 2.78 bits per heavy atom. The number of esters is 1. The number of cyclic esters (lactones) is 1. The predicted octanol–water partition coefficient (Wildman–Crippen LogP) is 4.54. The first-order chi connectivity index (χ1) is 11.2. The van der Waals surface area contributed by atoms with Gasteiger partial charge >= 0.3 is 5.97 Å². The lowest BCUT2D eigenvalue weighted by Gasteiger charge is -2.15. The molecule has 0 N–H and O–H groups in total. The third-order valence-electron chi connectivity index (χ3n) is 4.60. The van der Waals surface area contributed by atoms with Gasteiger partial charge in [0.2, 0.25) is 0 Å². The van der Waals surface area contributed by atoms with E-state index in [1.54, 1.807) is 6.08 Å². The first-order valence-corrected chi connectivity index (χ1v) is 8.94. The summed E-state index contributed by atoms with van der Waals surface area (Å²) in [6.45, 7) is 2.21. The molecule has 0 bridgehead atoms. The van der Waals surface area contributed by atoms with Gasteiger partial charge in [-0.25, -0.2) is 0 Å². The first kappa shape index (κ1) is 17.7. The highest BCUT2D eigenvalue weighted by Crippen LogP contribution is 2.29. The normalized spacial score (nSPS) is 27.6. The zero-order valence-electron chi connectivity index (χ0n) is 14.1. The van der Waals surface area contributed by atoms with E-state index in [2.05, 4.69) is 19.1 Å². The standard InChI is InChI=1S/C20H28O3/c1-2-3-4-5-6-7-9-16-12-14-19(21)18(16)11-8-10-17-13-15-20(22)23-17/h6-8,10,12,14,16-18H,2-5,9,11,13,15H2,1H3/b7-6-,10-8-/t16-,17+,18+/m1/s1. The van der Waals surface area contributed by atoms with Crippen LogP contribution in [-0.2, 0) is 14.3 Å². The third-order valence-corrected chi connectivity index (χ3v) is 4.60. The second-order valence-corrected chi connectivity index (χ2v) is 6.47. The molecule has 2 rings (SSSR count). The van der Waals surface area contributed by atoms with Crippen LogP contribution in [0.4, 0.5) is 0 Å². The number of carbonyl (C=O) groups is 2. The molecule has 1 saturated heterocycles. The smallest absolute Gasteiger partial charge is 0.306 e. The van der Waals surface area contributed by atoms with Crippen molar-refractivity contribution in [3.63, 3.8) is 0 Å². The Bertz CT molecular complexity index is 487. The minimum atomic E-state index is -0.121. The molecule has 0 aromatic rings. The number of hydrogen-bond donors (Lipinski definition) is 0. The van der Waals surface area contributed by atoms with E-state index < -0.39 is 0 Å². The van der Waals surface area contributed by atoms with Crippen LogP contribution in [0.1, 0.15) is 58.3 Å². The molecule has 1 aliphatic carbocycles. The molecule has 3 nitrogen and oxygen atoms in total. The molecule has 0 aromatic carbocycles. The van der Waals surface area contributed by atoms with Gasteiger partial charge < -0.3 is 4.74 Å². The summed E-state index contributed by atoms with van der Waals surface area (Å²) in [4.78, 5) is 23.1. The number of ether oxygens (including phenoxy) is 1. The maximum absolute atomic E-state index is 12.0. The second kappa shape index (κ2) is 9.49. The van der Waals surface area contributed by atoms with Gasteiger partial charge in [-0.3, -0.25) is 9.59 Å². The van der Waals surface area contributed by atoms with E-state index in [1.165, 1.54) is 19.3 Å². The van der Waals surface area contributed by atoms with Crippen LogP contribution in [0.3, 0.4) is 0 Å². The SMILES string of the molecule is CCCCC/C=C\C[C@@H]1C=CC(=O)[C@H]1C/C=C\[C@H]1CCC(=O)O1. The number of ketones is 1. The molecule has 1 heterocycles. The van der Waals surface area contributed by atoms with Crippen LogP contribution >= 0.6 is 0 Å². The van der Waals surface area contributed by atoms with Gasteiger partial charge in [0.25, 0.3) is 0 Å². The average molecular weight is 316 g/mol. The van der Waals surface area contributed by atoms with Crippen LogP contribution in [0.25, 0.3) is 0 Å². The fourth-order valence-corrected chi connectivity index (χ4v) is 3.16. The summed E-state index contributed by atoms with van der Waals surface area (Å²) >= 11 is 0. The topological polar surface area (TPSA) is 43.4 Å². The molecule has 126 valence electrons. The lowest BCUT2D eigenvalue weighted by Crippen LogP contribution is -2.15. The molecule has 1 fully saturated rings. The highest BCUT2D eigenvalue weighted by molar-refractivity contribution is 5.94.